The van der Waals surface area contributed by atoms with Gasteiger partial charge in [0.1, 0.15) is 12.4 Å². The molecule has 1 aromatic rings. The van der Waals surface area contributed by atoms with E-state index in [0.29, 0.717) is 11.3 Å². The van der Waals surface area contributed by atoms with Crippen molar-refractivity contribution in [2.45, 2.75) is 13.8 Å². The van der Waals surface area contributed by atoms with E-state index in [9.17, 15) is 9.59 Å². The summed E-state index contributed by atoms with van der Waals surface area (Å²) in [5.74, 6) is -1.23. The Morgan fingerprint density at radius 2 is 2.00 bits per heavy atom. The number of carboxylic acids is 1. The lowest BCUT2D eigenvalue weighted by molar-refractivity contribution is -0.148. The van der Waals surface area contributed by atoms with E-state index in [1.165, 1.54) is 39.2 Å². The number of hydrogen-bond donors (Lipinski definition) is 2. The number of esters is 1. The fraction of sp³-hybridized carbons (Fsp3) is 0.385. The van der Waals surface area contributed by atoms with E-state index in [1.54, 1.807) is 0 Å². The van der Waals surface area contributed by atoms with Crippen molar-refractivity contribution in [3.63, 3.8) is 0 Å². The van der Waals surface area contributed by atoms with Crippen LogP contribution in [0.25, 0.3) is 0 Å². The number of aliphatic carboxylic acids is 1. The van der Waals surface area contributed by atoms with E-state index in [0.717, 1.165) is 0 Å². The molecule has 19 heavy (non-hydrogen) atoms. The number of carbonyl (C=O) groups excluding carboxylic acids is 1. The van der Waals surface area contributed by atoms with Crippen LogP contribution in [-0.4, -0.2) is 30.8 Å². The number of methoxy groups -OCH3 is 1. The molecule has 0 unspecified atom stereocenters. The summed E-state index contributed by atoms with van der Waals surface area (Å²) in [7, 11) is 1.27. The normalized spacial score (nSPS) is 10.9. The highest BCUT2D eigenvalue weighted by molar-refractivity contribution is 5.90. The molecule has 1 aromatic carbocycles. The highest BCUT2D eigenvalue weighted by atomic mass is 16.5. The molecule has 0 aliphatic rings. The molecule has 0 aliphatic heterocycles. The Bertz CT molecular complexity index is 496. The molecule has 0 radical (unpaired) electrons. The molecule has 6 nitrogen and oxygen atoms in total. The Labute approximate surface area is 111 Å². The number of hydrogen-bond acceptors (Lipinski definition) is 5. The average Bonchev–Trinajstić information content (AvgIpc) is 2.36. The third-order valence-corrected chi connectivity index (χ3v) is 2.60. The Balaban J connectivity index is 2.89. The molecule has 0 saturated carbocycles. The van der Waals surface area contributed by atoms with E-state index in [4.69, 9.17) is 15.6 Å². The van der Waals surface area contributed by atoms with E-state index in [1.807, 2.05) is 0 Å². The van der Waals surface area contributed by atoms with Crippen molar-refractivity contribution in [1.29, 1.82) is 0 Å². The highest BCUT2D eigenvalue weighted by Crippen LogP contribution is 2.26. The van der Waals surface area contributed by atoms with Crippen molar-refractivity contribution in [2.24, 2.45) is 5.41 Å². The summed E-state index contributed by atoms with van der Waals surface area (Å²) in [6.07, 6.45) is 0. The molecule has 3 N–H and O–H groups in total. The fourth-order valence-electron chi connectivity index (χ4n) is 1.22. The van der Waals surface area contributed by atoms with Crippen molar-refractivity contribution in [3.05, 3.63) is 23.8 Å². The molecule has 0 amide bonds. The van der Waals surface area contributed by atoms with Crippen molar-refractivity contribution in [2.75, 3.05) is 19.5 Å². The van der Waals surface area contributed by atoms with Crippen LogP contribution in [0.3, 0.4) is 0 Å². The van der Waals surface area contributed by atoms with Crippen molar-refractivity contribution in [3.8, 4) is 5.75 Å². The van der Waals surface area contributed by atoms with Crippen LogP contribution in [0.1, 0.15) is 24.2 Å². The Hall–Kier alpha value is -2.24. The van der Waals surface area contributed by atoms with Crippen LogP contribution in [0.4, 0.5) is 5.69 Å². The molecule has 0 aliphatic carbocycles. The van der Waals surface area contributed by atoms with Gasteiger partial charge in [0.25, 0.3) is 0 Å². The van der Waals surface area contributed by atoms with Crippen molar-refractivity contribution >= 4 is 17.6 Å². The van der Waals surface area contributed by atoms with Crippen LogP contribution in [0, 0.1) is 5.41 Å². The number of carboxylic acid groups (broad SMARTS) is 1. The molecular weight excluding hydrogens is 250 g/mol. The molecule has 6 heteroatoms. The van der Waals surface area contributed by atoms with Gasteiger partial charge in [0.2, 0.25) is 0 Å². The van der Waals surface area contributed by atoms with Gasteiger partial charge < -0.3 is 20.3 Å². The second-order valence-electron chi connectivity index (χ2n) is 4.72. The molecule has 0 bridgehead atoms. The molecular formula is C13H17NO5. The zero-order valence-corrected chi connectivity index (χ0v) is 11.1. The minimum Gasteiger partial charge on any atom is -0.490 e. The smallest absolute Gasteiger partial charge is 0.337 e. The number of ether oxygens (including phenoxy) is 2. The summed E-state index contributed by atoms with van der Waals surface area (Å²) in [6, 6.07) is 4.45. The predicted octanol–water partition coefficient (Wildman–Crippen LogP) is 1.54. The summed E-state index contributed by atoms with van der Waals surface area (Å²) in [4.78, 5) is 22.3. The lowest BCUT2D eigenvalue weighted by atomic mass is 9.95. The molecule has 0 aromatic heterocycles. The van der Waals surface area contributed by atoms with Gasteiger partial charge in [-0.1, -0.05) is 0 Å². The lowest BCUT2D eigenvalue weighted by Gasteiger charge is -2.20. The Morgan fingerprint density at radius 1 is 1.37 bits per heavy atom. The first-order valence-corrected chi connectivity index (χ1v) is 5.62. The average molecular weight is 267 g/mol. The van der Waals surface area contributed by atoms with Gasteiger partial charge in [-0.05, 0) is 32.0 Å². The van der Waals surface area contributed by atoms with Gasteiger partial charge in [-0.15, -0.1) is 0 Å². The van der Waals surface area contributed by atoms with Gasteiger partial charge in [-0.25, -0.2) is 4.79 Å². The van der Waals surface area contributed by atoms with Crippen molar-refractivity contribution < 1.29 is 24.2 Å². The van der Waals surface area contributed by atoms with E-state index in [-0.39, 0.29) is 12.4 Å². The van der Waals surface area contributed by atoms with Gasteiger partial charge in [-0.3, -0.25) is 4.79 Å². The summed E-state index contributed by atoms with van der Waals surface area (Å²) >= 11 is 0. The zero-order valence-electron chi connectivity index (χ0n) is 11.1. The van der Waals surface area contributed by atoms with Gasteiger partial charge in [0.15, 0.2) is 0 Å². The maximum absolute atomic E-state index is 11.4. The molecule has 0 fully saturated rings. The number of rotatable bonds is 5. The van der Waals surface area contributed by atoms with Crippen molar-refractivity contribution in [1.82, 2.24) is 0 Å². The number of nitrogens with two attached hydrogens (primary N) is 1. The largest absolute Gasteiger partial charge is 0.490 e. The van der Waals surface area contributed by atoms with Crippen LogP contribution >= 0.6 is 0 Å². The molecule has 0 heterocycles. The van der Waals surface area contributed by atoms with Crippen LogP contribution in [0.2, 0.25) is 0 Å². The summed E-state index contributed by atoms with van der Waals surface area (Å²) in [5, 5.41) is 8.98. The predicted molar refractivity (Wildman–Crippen MR) is 69.1 cm³/mol. The molecule has 0 saturated heterocycles. The van der Waals surface area contributed by atoms with Crippen LogP contribution in [-0.2, 0) is 9.53 Å². The number of carbonyl (C=O) groups is 2. The number of benzene rings is 1. The topological polar surface area (TPSA) is 98.9 Å². The van der Waals surface area contributed by atoms with E-state index >= 15 is 0 Å². The monoisotopic (exact) mass is 267 g/mol. The first-order chi connectivity index (χ1) is 8.77. The van der Waals surface area contributed by atoms with Crippen LogP contribution < -0.4 is 10.5 Å². The first kappa shape index (κ1) is 14.8. The minimum absolute atomic E-state index is 0.0584. The zero-order chi connectivity index (χ0) is 14.6. The lowest BCUT2D eigenvalue weighted by Crippen LogP contribution is -2.30. The maximum atomic E-state index is 11.4. The Morgan fingerprint density at radius 3 is 2.53 bits per heavy atom. The molecule has 1 rings (SSSR count). The highest BCUT2D eigenvalue weighted by Gasteiger charge is 2.28. The third kappa shape index (κ3) is 3.61. The summed E-state index contributed by atoms with van der Waals surface area (Å²) in [5.41, 5.74) is 5.28. The van der Waals surface area contributed by atoms with Gasteiger partial charge in [-0.2, -0.15) is 0 Å². The van der Waals surface area contributed by atoms with E-state index < -0.39 is 17.4 Å². The van der Waals surface area contributed by atoms with Gasteiger partial charge in [0, 0.05) is 0 Å². The third-order valence-electron chi connectivity index (χ3n) is 2.60. The van der Waals surface area contributed by atoms with Gasteiger partial charge in [0.05, 0.1) is 23.8 Å². The van der Waals surface area contributed by atoms with Crippen LogP contribution in [0.5, 0.6) is 5.75 Å². The summed E-state index contributed by atoms with van der Waals surface area (Å²) < 4.78 is 9.97. The second kappa shape index (κ2) is 5.60. The second-order valence-corrected chi connectivity index (χ2v) is 4.72. The standard InChI is InChI=1S/C13H17NO5/c1-13(2,12(16)17)7-19-10-6-8(11(15)18-3)4-5-9(10)14/h4-6H,7,14H2,1-3H3,(H,16,17). The number of nitrogen functional groups attached to an aromatic ring is 1. The summed E-state index contributed by atoms with van der Waals surface area (Å²) in [6.45, 7) is 3.02. The molecule has 0 atom stereocenters. The number of anilines is 1. The quantitative estimate of drug-likeness (QED) is 0.620. The van der Waals surface area contributed by atoms with Crippen LogP contribution in [0.15, 0.2) is 18.2 Å². The fourth-order valence-corrected chi connectivity index (χ4v) is 1.22. The molecule has 0 spiro atoms. The van der Waals surface area contributed by atoms with E-state index in [2.05, 4.69) is 4.74 Å². The first-order valence-electron chi connectivity index (χ1n) is 5.62. The minimum atomic E-state index is -1.05. The molecule has 104 valence electrons. The maximum Gasteiger partial charge on any atom is 0.337 e. The Kier molecular flexibility index (Phi) is 4.37. The SMILES string of the molecule is COC(=O)c1ccc(N)c(OCC(C)(C)C(=O)O)c1. The van der Waals surface area contributed by atoms with Gasteiger partial charge >= 0.3 is 11.9 Å².